The maximum Gasteiger partial charge on any atom is 0.0355 e. The van der Waals surface area contributed by atoms with Gasteiger partial charge >= 0.3 is 0 Å². The molecule has 0 N–H and O–H groups in total. The Kier molecular flexibility index (Phi) is 5.54. The van der Waals surface area contributed by atoms with Crippen LogP contribution in [0.25, 0.3) is 0 Å². The third-order valence-corrected chi connectivity index (χ3v) is 8.59. The molecule has 0 spiro atoms. The first-order valence-electron chi connectivity index (χ1n) is 8.95. The molecular formula is C22H32Cl2. The van der Waals surface area contributed by atoms with Gasteiger partial charge in [0.1, 0.15) is 0 Å². The molecule has 0 saturated carbocycles. The lowest BCUT2D eigenvalue weighted by molar-refractivity contribution is 0.345. The van der Waals surface area contributed by atoms with E-state index in [1.54, 1.807) is 0 Å². The van der Waals surface area contributed by atoms with Crippen molar-refractivity contribution in [2.75, 3.05) is 11.8 Å². The van der Waals surface area contributed by atoms with Gasteiger partial charge in [-0.2, -0.15) is 0 Å². The van der Waals surface area contributed by atoms with Crippen LogP contribution >= 0.6 is 23.2 Å². The van der Waals surface area contributed by atoms with E-state index in [9.17, 15) is 0 Å². The fraction of sp³-hybridized carbons (Fsp3) is 0.636. The minimum absolute atomic E-state index is 0.000257. The van der Waals surface area contributed by atoms with Crippen LogP contribution in [0.4, 0.5) is 0 Å². The fourth-order valence-electron chi connectivity index (χ4n) is 4.83. The molecular weight excluding hydrogens is 335 g/mol. The van der Waals surface area contributed by atoms with Crippen molar-refractivity contribution >= 4 is 23.2 Å². The van der Waals surface area contributed by atoms with Gasteiger partial charge in [0.15, 0.2) is 0 Å². The standard InChI is InChI=1S/C22H32Cl2/c1-13-14(2)18(6)21(11-23,17(13)5)9-10-22(12-24)19(7)15(3)16(4)20(22)8/h9-12H2,1-8H3. The molecule has 2 aliphatic rings. The van der Waals surface area contributed by atoms with E-state index in [-0.39, 0.29) is 10.8 Å². The van der Waals surface area contributed by atoms with Crippen LogP contribution in [0.1, 0.15) is 68.2 Å². The zero-order chi connectivity index (χ0) is 18.4. The van der Waals surface area contributed by atoms with E-state index in [2.05, 4.69) is 55.4 Å². The average Bonchev–Trinajstić information content (AvgIpc) is 2.85. The number of allylic oxidation sites excluding steroid dienone is 8. The van der Waals surface area contributed by atoms with Crippen molar-refractivity contribution in [3.05, 3.63) is 44.6 Å². The number of halogens is 2. The molecule has 0 aromatic rings. The summed E-state index contributed by atoms with van der Waals surface area (Å²) in [6, 6.07) is 0. The molecule has 0 aromatic heterocycles. The van der Waals surface area contributed by atoms with Crippen LogP contribution < -0.4 is 0 Å². The lowest BCUT2D eigenvalue weighted by Crippen LogP contribution is -2.31. The maximum atomic E-state index is 6.56. The summed E-state index contributed by atoms with van der Waals surface area (Å²) in [6.45, 7) is 18.0. The van der Waals surface area contributed by atoms with Crippen molar-refractivity contribution in [3.63, 3.8) is 0 Å². The summed E-state index contributed by atoms with van der Waals surface area (Å²) >= 11 is 13.1. The molecule has 0 amide bonds. The molecule has 2 heteroatoms. The predicted molar refractivity (Wildman–Crippen MR) is 109 cm³/mol. The van der Waals surface area contributed by atoms with E-state index in [1.165, 1.54) is 44.6 Å². The largest absolute Gasteiger partial charge is 0.125 e. The van der Waals surface area contributed by atoms with Crippen LogP contribution in [-0.2, 0) is 0 Å². The van der Waals surface area contributed by atoms with Gasteiger partial charge in [-0.25, -0.2) is 0 Å². The molecule has 0 aromatic carbocycles. The lowest BCUT2D eigenvalue weighted by atomic mass is 9.68. The van der Waals surface area contributed by atoms with Crippen molar-refractivity contribution in [1.29, 1.82) is 0 Å². The van der Waals surface area contributed by atoms with Gasteiger partial charge in [-0.15, -0.1) is 23.2 Å². The molecule has 0 saturated heterocycles. The minimum Gasteiger partial charge on any atom is -0.125 e. The van der Waals surface area contributed by atoms with Crippen molar-refractivity contribution in [2.24, 2.45) is 10.8 Å². The van der Waals surface area contributed by atoms with Gasteiger partial charge < -0.3 is 0 Å². The van der Waals surface area contributed by atoms with E-state index >= 15 is 0 Å². The van der Waals surface area contributed by atoms with Gasteiger partial charge in [0.2, 0.25) is 0 Å². The summed E-state index contributed by atoms with van der Waals surface area (Å²) in [5, 5.41) is 0. The molecule has 0 unspecified atom stereocenters. The van der Waals surface area contributed by atoms with E-state index in [0.29, 0.717) is 11.8 Å². The normalized spacial score (nSPS) is 23.2. The van der Waals surface area contributed by atoms with E-state index in [1.807, 2.05) is 0 Å². The SMILES string of the molecule is CC1=C(C)C(CCl)(CCC2(CCl)C(C)=C(C)C(C)=C2C)C(C)=C1C. The summed E-state index contributed by atoms with van der Waals surface area (Å²) in [7, 11) is 0. The molecule has 0 bridgehead atoms. The molecule has 134 valence electrons. The van der Waals surface area contributed by atoms with Crippen LogP contribution in [0.3, 0.4) is 0 Å². The molecule has 2 aliphatic carbocycles. The second kappa shape index (κ2) is 6.69. The molecule has 0 fully saturated rings. The topological polar surface area (TPSA) is 0 Å². The van der Waals surface area contributed by atoms with Crippen molar-refractivity contribution < 1.29 is 0 Å². The van der Waals surface area contributed by atoms with Crippen LogP contribution in [0, 0.1) is 10.8 Å². The Balaban J connectivity index is 2.43. The number of hydrogen-bond donors (Lipinski definition) is 0. The minimum atomic E-state index is -0.000257. The number of rotatable bonds is 5. The van der Waals surface area contributed by atoms with Crippen LogP contribution in [0.2, 0.25) is 0 Å². The van der Waals surface area contributed by atoms with Crippen molar-refractivity contribution in [2.45, 2.75) is 68.2 Å². The Morgan fingerprint density at radius 3 is 0.875 bits per heavy atom. The van der Waals surface area contributed by atoms with Crippen molar-refractivity contribution in [3.8, 4) is 0 Å². The second-order valence-corrected chi connectivity index (χ2v) is 8.47. The van der Waals surface area contributed by atoms with Crippen LogP contribution in [-0.4, -0.2) is 11.8 Å². The molecule has 0 heterocycles. The Hall–Kier alpha value is -0.460. The smallest absolute Gasteiger partial charge is 0.0355 e. The van der Waals surface area contributed by atoms with Crippen molar-refractivity contribution in [1.82, 2.24) is 0 Å². The molecule has 0 atom stereocenters. The Bertz CT molecular complexity index is 575. The molecule has 24 heavy (non-hydrogen) atoms. The molecule has 0 radical (unpaired) electrons. The summed E-state index contributed by atoms with van der Waals surface area (Å²) in [5.41, 5.74) is 11.5. The summed E-state index contributed by atoms with van der Waals surface area (Å²) < 4.78 is 0. The highest BCUT2D eigenvalue weighted by atomic mass is 35.5. The Morgan fingerprint density at radius 1 is 0.500 bits per heavy atom. The first-order chi connectivity index (χ1) is 11.1. The van der Waals surface area contributed by atoms with Gasteiger partial charge in [-0.1, -0.05) is 22.3 Å². The zero-order valence-corrected chi connectivity index (χ0v) is 18.1. The fourth-order valence-corrected chi connectivity index (χ4v) is 5.90. The van der Waals surface area contributed by atoms with Gasteiger partial charge in [0.05, 0.1) is 0 Å². The zero-order valence-electron chi connectivity index (χ0n) is 16.6. The van der Waals surface area contributed by atoms with Gasteiger partial charge in [-0.05, 0) is 90.5 Å². The number of hydrogen-bond acceptors (Lipinski definition) is 0. The highest BCUT2D eigenvalue weighted by Gasteiger charge is 2.45. The van der Waals surface area contributed by atoms with Gasteiger partial charge in [0.25, 0.3) is 0 Å². The monoisotopic (exact) mass is 366 g/mol. The van der Waals surface area contributed by atoms with Gasteiger partial charge in [0, 0.05) is 22.6 Å². The van der Waals surface area contributed by atoms with E-state index < -0.39 is 0 Å². The van der Waals surface area contributed by atoms with Crippen LogP contribution in [0.15, 0.2) is 44.6 Å². The Labute approximate surface area is 158 Å². The first-order valence-corrected chi connectivity index (χ1v) is 10.0. The maximum absolute atomic E-state index is 6.56. The van der Waals surface area contributed by atoms with E-state index in [0.717, 1.165) is 12.8 Å². The third kappa shape index (κ3) is 2.48. The molecule has 0 aliphatic heterocycles. The highest BCUT2D eigenvalue weighted by molar-refractivity contribution is 6.19. The molecule has 2 rings (SSSR count). The summed E-state index contributed by atoms with van der Waals surface area (Å²) in [5.74, 6) is 1.31. The van der Waals surface area contributed by atoms with Crippen LogP contribution in [0.5, 0.6) is 0 Å². The lowest BCUT2D eigenvalue weighted by Gasteiger charge is -2.38. The average molecular weight is 367 g/mol. The molecule has 0 nitrogen and oxygen atoms in total. The number of alkyl halides is 2. The summed E-state index contributed by atoms with van der Waals surface area (Å²) in [4.78, 5) is 0. The third-order valence-electron chi connectivity index (χ3n) is 7.68. The summed E-state index contributed by atoms with van der Waals surface area (Å²) in [6.07, 6.45) is 2.12. The van der Waals surface area contributed by atoms with Gasteiger partial charge in [-0.3, -0.25) is 0 Å². The highest BCUT2D eigenvalue weighted by Crippen LogP contribution is 2.56. The quantitative estimate of drug-likeness (QED) is 0.439. The first kappa shape index (κ1) is 19.9. The predicted octanol–water partition coefficient (Wildman–Crippen LogP) is 7.59. The van der Waals surface area contributed by atoms with E-state index in [4.69, 9.17) is 23.2 Å². The second-order valence-electron chi connectivity index (χ2n) is 7.93. The Morgan fingerprint density at radius 2 is 0.708 bits per heavy atom.